The average molecular weight is 715 g/mol. The molecular weight excluding hydrogens is 680 g/mol. The number of carbonyl (C=O) groups is 3. The van der Waals surface area contributed by atoms with Crippen molar-refractivity contribution >= 4 is 17.3 Å². The van der Waals surface area contributed by atoms with Gasteiger partial charge >= 0.3 is 0 Å². The predicted octanol–water partition coefficient (Wildman–Crippen LogP) is -0.896. The van der Waals surface area contributed by atoms with Crippen LogP contribution in [0.3, 0.4) is 0 Å². The molecule has 3 aromatic carbocycles. The second-order valence-electron chi connectivity index (χ2n) is 12.4. The Labute approximate surface area is 287 Å². The minimum absolute atomic E-state index is 0.0954. The average Bonchev–Trinajstić information content (AvgIpc) is 3.07. The third-order valence-electron chi connectivity index (χ3n) is 9.13. The quantitative estimate of drug-likeness (QED) is 0.104. The van der Waals surface area contributed by atoms with Gasteiger partial charge in [0, 0.05) is 22.8 Å². The number of hydrogen-bond donors (Lipinski definition) is 10. The van der Waals surface area contributed by atoms with Crippen molar-refractivity contribution < 1.29 is 84.4 Å². The van der Waals surface area contributed by atoms with Crippen molar-refractivity contribution in [2.75, 3.05) is 13.2 Å². The Kier molecular flexibility index (Phi) is 9.53. The molecule has 17 nitrogen and oxygen atoms in total. The number of rotatable bonds is 7. The topological polar surface area (TPSA) is 290 Å². The summed E-state index contributed by atoms with van der Waals surface area (Å²) in [5.74, 6) is -5.97. The van der Waals surface area contributed by atoms with Crippen LogP contribution in [-0.4, -0.2) is 137 Å². The monoisotopic (exact) mass is 714 g/mol. The van der Waals surface area contributed by atoms with Crippen molar-refractivity contribution in [1.29, 1.82) is 0 Å². The smallest absolute Gasteiger partial charge is 0.228 e. The number of aromatic hydroxyl groups is 4. The number of aryl methyl sites for hydroxylation is 1. The maximum absolute atomic E-state index is 13.8. The molecule has 0 saturated carbocycles. The highest BCUT2D eigenvalue weighted by molar-refractivity contribution is 6.32. The van der Waals surface area contributed by atoms with Gasteiger partial charge in [0.25, 0.3) is 0 Å². The molecule has 2 aliphatic heterocycles. The Hall–Kier alpha value is -4.69. The van der Waals surface area contributed by atoms with Gasteiger partial charge in [-0.15, -0.1) is 0 Å². The van der Waals surface area contributed by atoms with E-state index in [0.29, 0.717) is 0 Å². The summed E-state index contributed by atoms with van der Waals surface area (Å²) >= 11 is 0. The summed E-state index contributed by atoms with van der Waals surface area (Å²) in [6.07, 6.45) is -15.5. The minimum Gasteiger partial charge on any atom is -0.507 e. The summed E-state index contributed by atoms with van der Waals surface area (Å²) in [6.45, 7) is 1.10. The van der Waals surface area contributed by atoms with Crippen molar-refractivity contribution in [3.05, 3.63) is 63.7 Å². The molecule has 9 atom stereocenters. The van der Waals surface area contributed by atoms with Gasteiger partial charge in [-0.25, -0.2) is 0 Å². The molecule has 0 bridgehead atoms. The van der Waals surface area contributed by atoms with E-state index < -0.39 is 137 Å². The maximum Gasteiger partial charge on any atom is 0.228 e. The predicted molar refractivity (Wildman–Crippen MR) is 168 cm³/mol. The number of aliphatic hydroxyl groups excluding tert-OH is 6. The number of benzene rings is 3. The van der Waals surface area contributed by atoms with E-state index >= 15 is 0 Å². The molecule has 0 radical (unpaired) electrons. The summed E-state index contributed by atoms with van der Waals surface area (Å²) in [6, 6.07) is 5.77. The van der Waals surface area contributed by atoms with E-state index in [1.165, 1.54) is 25.1 Å². The fraction of sp³-hybridized carbons (Fsp3) is 0.382. The molecule has 2 heterocycles. The summed E-state index contributed by atoms with van der Waals surface area (Å²) in [5, 5.41) is 106. The third kappa shape index (κ3) is 5.87. The highest BCUT2D eigenvalue weighted by Crippen LogP contribution is 2.51. The van der Waals surface area contributed by atoms with E-state index in [2.05, 4.69) is 0 Å². The van der Waals surface area contributed by atoms with Crippen LogP contribution in [0.2, 0.25) is 0 Å². The molecule has 17 heteroatoms. The second kappa shape index (κ2) is 13.5. The lowest BCUT2D eigenvalue weighted by molar-refractivity contribution is -0.343. The molecule has 0 unspecified atom stereocenters. The number of hydrogen-bond acceptors (Lipinski definition) is 17. The van der Waals surface area contributed by atoms with Crippen LogP contribution in [-0.2, 0) is 14.2 Å². The lowest BCUT2D eigenvalue weighted by Crippen LogP contribution is -2.63. The van der Waals surface area contributed by atoms with Gasteiger partial charge in [0.15, 0.2) is 17.9 Å². The molecule has 0 aromatic heterocycles. The molecule has 2 saturated heterocycles. The van der Waals surface area contributed by atoms with Crippen molar-refractivity contribution in [3.8, 4) is 39.9 Å². The number of fused-ring (bicyclic) bond motifs is 2. The van der Waals surface area contributed by atoms with Crippen LogP contribution in [0.1, 0.15) is 54.7 Å². The summed E-state index contributed by atoms with van der Waals surface area (Å²) in [5.41, 5.74) is -2.69. The Morgan fingerprint density at radius 3 is 2.16 bits per heavy atom. The van der Waals surface area contributed by atoms with Crippen molar-refractivity contribution in [2.24, 2.45) is 0 Å². The van der Waals surface area contributed by atoms with Gasteiger partial charge in [0.1, 0.15) is 77.0 Å². The molecule has 2 fully saturated rings. The lowest BCUT2D eigenvalue weighted by atomic mass is 9.77. The molecule has 3 aliphatic rings. The molecule has 1 aliphatic carbocycles. The Morgan fingerprint density at radius 1 is 0.804 bits per heavy atom. The first-order valence-corrected chi connectivity index (χ1v) is 15.6. The zero-order valence-corrected chi connectivity index (χ0v) is 26.8. The normalized spacial score (nSPS) is 29.0. The standard InChI is InChI=1S/C34H34O17/c1-10-6-14(38)23-24(25(41)12-4-3-5-13(37)21(12)28(23)44)19(10)22-15(39)7-17(20(11(2)36)27(22)43)49-33-31(47)32(16(40)9-48-33)51-34-30(46)29(45)26(42)18(8-35)50-34/h3-7,16,18,26,29-35,37-40,42-43,45-47H,8-9H2,1-2H3/t16-,18-,26-,29+,30-,31+,32-,33+,34+/m0/s1. The number of phenolic OH excluding ortho intramolecular Hbond substituents is 4. The van der Waals surface area contributed by atoms with Crippen LogP contribution in [0.15, 0.2) is 30.3 Å². The van der Waals surface area contributed by atoms with E-state index in [4.69, 9.17) is 18.9 Å². The van der Waals surface area contributed by atoms with Crippen molar-refractivity contribution in [2.45, 2.75) is 69.2 Å². The number of ketones is 3. The second-order valence-corrected chi connectivity index (χ2v) is 12.4. The molecule has 3 aromatic rings. The van der Waals surface area contributed by atoms with E-state index in [1.807, 2.05) is 0 Å². The first kappa shape index (κ1) is 36.1. The molecule has 6 rings (SSSR count). The van der Waals surface area contributed by atoms with Gasteiger partial charge in [-0.2, -0.15) is 0 Å². The highest BCUT2D eigenvalue weighted by atomic mass is 16.7. The number of phenols is 4. The number of ether oxygens (including phenoxy) is 4. The third-order valence-corrected chi connectivity index (χ3v) is 9.13. The van der Waals surface area contributed by atoms with Crippen LogP contribution in [0, 0.1) is 6.92 Å². The highest BCUT2D eigenvalue weighted by Gasteiger charge is 2.49. The van der Waals surface area contributed by atoms with Crippen LogP contribution in [0.4, 0.5) is 0 Å². The summed E-state index contributed by atoms with van der Waals surface area (Å²) < 4.78 is 22.0. The Morgan fingerprint density at radius 2 is 1.49 bits per heavy atom. The van der Waals surface area contributed by atoms with Gasteiger partial charge in [0.2, 0.25) is 12.1 Å². The van der Waals surface area contributed by atoms with E-state index in [-0.39, 0.29) is 22.3 Å². The molecule has 0 spiro atoms. The van der Waals surface area contributed by atoms with Gasteiger partial charge in [-0.1, -0.05) is 12.1 Å². The van der Waals surface area contributed by atoms with Gasteiger partial charge in [-0.05, 0) is 31.5 Å². The van der Waals surface area contributed by atoms with E-state index in [1.54, 1.807) is 0 Å². The molecular formula is C34H34O17. The largest absolute Gasteiger partial charge is 0.507 e. The summed E-state index contributed by atoms with van der Waals surface area (Å²) in [4.78, 5) is 40.3. The first-order chi connectivity index (χ1) is 24.1. The minimum atomic E-state index is -1.93. The number of Topliss-reactive ketones (excluding diaryl/α,β-unsaturated/α-hetero) is 1. The van der Waals surface area contributed by atoms with Crippen LogP contribution in [0.25, 0.3) is 11.1 Å². The van der Waals surface area contributed by atoms with Gasteiger partial charge < -0.3 is 70.0 Å². The lowest BCUT2D eigenvalue weighted by Gasteiger charge is -2.44. The zero-order valence-electron chi connectivity index (χ0n) is 26.8. The Balaban J connectivity index is 1.38. The summed E-state index contributed by atoms with van der Waals surface area (Å²) in [7, 11) is 0. The van der Waals surface area contributed by atoms with Crippen molar-refractivity contribution in [3.63, 3.8) is 0 Å². The molecule has 272 valence electrons. The first-order valence-electron chi connectivity index (χ1n) is 15.6. The molecule has 10 N–H and O–H groups in total. The zero-order chi connectivity index (χ0) is 37.2. The SMILES string of the molecule is CC(=O)c1c(O[C@H]2OC[C@H](O)[C@H](O[C@H]3O[C@@H](CO)[C@H](O)[C@@H](O)[C@@H]3O)[C@H]2O)cc(O)c(-c2c(C)cc(O)c3c2C(=O)c2cccc(O)c2C3=O)c1O. The van der Waals surface area contributed by atoms with Gasteiger partial charge in [-0.3, -0.25) is 14.4 Å². The fourth-order valence-corrected chi connectivity index (χ4v) is 6.62. The van der Waals surface area contributed by atoms with Crippen molar-refractivity contribution in [1.82, 2.24) is 0 Å². The molecule has 51 heavy (non-hydrogen) atoms. The molecule has 0 amide bonds. The van der Waals surface area contributed by atoms with Gasteiger partial charge in [0.05, 0.1) is 29.9 Å². The number of carbonyl (C=O) groups excluding carboxylic acids is 3. The van der Waals surface area contributed by atoms with E-state index in [0.717, 1.165) is 19.1 Å². The van der Waals surface area contributed by atoms with Crippen LogP contribution >= 0.6 is 0 Å². The van der Waals surface area contributed by atoms with Crippen LogP contribution in [0.5, 0.6) is 28.7 Å². The number of aliphatic hydroxyl groups is 6. The maximum atomic E-state index is 13.8. The Bertz CT molecular complexity index is 1920. The fourth-order valence-electron chi connectivity index (χ4n) is 6.62. The van der Waals surface area contributed by atoms with E-state index in [9.17, 15) is 65.4 Å². The van der Waals surface area contributed by atoms with Crippen LogP contribution < -0.4 is 4.74 Å².